The van der Waals surface area contributed by atoms with E-state index in [1.54, 1.807) is 16.0 Å². The Kier molecular flexibility index (Phi) is 5.43. The van der Waals surface area contributed by atoms with Crippen LogP contribution in [0, 0.1) is 20.8 Å². The number of nitrogens with zero attached hydrogens (tertiary/aromatic N) is 3. The third-order valence-corrected chi connectivity index (χ3v) is 6.45. The van der Waals surface area contributed by atoms with Crippen molar-refractivity contribution in [2.24, 2.45) is 0 Å². The van der Waals surface area contributed by atoms with Gasteiger partial charge in [0.05, 0.1) is 22.3 Å². The van der Waals surface area contributed by atoms with Gasteiger partial charge in [-0.1, -0.05) is 56.4 Å². The second-order valence-corrected chi connectivity index (χ2v) is 10.2. The molecule has 4 rings (SSSR count). The smallest absolute Gasteiger partial charge is 0.229 e. The number of thiazole rings is 1. The number of carbonyl (C=O) groups is 1. The molecular weight excluding hydrogens is 404 g/mol. The number of benzene rings is 2. The van der Waals surface area contributed by atoms with Crippen LogP contribution >= 0.6 is 11.3 Å². The minimum Gasteiger partial charge on any atom is -0.310 e. The van der Waals surface area contributed by atoms with Gasteiger partial charge in [0, 0.05) is 6.07 Å². The number of nitrogens with one attached hydrogen (secondary N) is 1. The van der Waals surface area contributed by atoms with Gasteiger partial charge in [-0.3, -0.25) is 4.79 Å². The zero-order valence-electron chi connectivity index (χ0n) is 18.9. The lowest BCUT2D eigenvalue weighted by Crippen LogP contribution is -2.17. The Labute approximate surface area is 187 Å². The highest BCUT2D eigenvalue weighted by atomic mass is 32.1. The maximum Gasteiger partial charge on any atom is 0.229 e. The second-order valence-electron chi connectivity index (χ2n) is 9.16. The van der Waals surface area contributed by atoms with Crippen molar-refractivity contribution in [1.82, 2.24) is 14.8 Å². The fourth-order valence-corrected chi connectivity index (χ4v) is 4.46. The molecule has 0 aliphatic rings. The van der Waals surface area contributed by atoms with Gasteiger partial charge in [-0.05, 0) is 60.6 Å². The number of hydrogen-bond acceptors (Lipinski definition) is 4. The summed E-state index contributed by atoms with van der Waals surface area (Å²) in [5.74, 6) is 0.571. The van der Waals surface area contributed by atoms with E-state index >= 15 is 0 Å². The van der Waals surface area contributed by atoms with Crippen molar-refractivity contribution < 1.29 is 4.79 Å². The Balaban J connectivity index is 1.61. The highest BCUT2D eigenvalue weighted by Gasteiger charge is 2.18. The molecule has 0 unspecified atom stereocenters. The molecule has 2 heterocycles. The van der Waals surface area contributed by atoms with Gasteiger partial charge in [-0.2, -0.15) is 9.78 Å². The number of hydrogen-bond donors (Lipinski definition) is 1. The SMILES string of the molecule is Cc1cc(NC(=O)Cc2ccc(C)c(C)c2)n(-c2nc3ccc(C(C)(C)C)cc3s2)n1. The first-order valence-corrected chi connectivity index (χ1v) is 11.3. The van der Waals surface area contributed by atoms with Gasteiger partial charge in [0.2, 0.25) is 11.0 Å². The van der Waals surface area contributed by atoms with Crippen LogP contribution in [0.5, 0.6) is 0 Å². The standard InChI is InChI=1S/C25H28N4OS/c1-15-7-8-18(11-16(15)2)13-23(30)27-22-12-17(3)28-29(22)24-26-20-10-9-19(25(4,5)6)14-21(20)31-24/h7-12,14H,13H2,1-6H3,(H,27,30). The molecule has 0 radical (unpaired) electrons. The van der Waals surface area contributed by atoms with Gasteiger partial charge in [0.1, 0.15) is 5.82 Å². The summed E-state index contributed by atoms with van der Waals surface area (Å²) in [7, 11) is 0. The monoisotopic (exact) mass is 432 g/mol. The minimum atomic E-state index is -0.0690. The molecule has 1 N–H and O–H groups in total. The van der Waals surface area contributed by atoms with E-state index in [1.807, 2.05) is 19.1 Å². The van der Waals surface area contributed by atoms with Crippen LogP contribution in [0.1, 0.15) is 48.7 Å². The molecule has 1 amide bonds. The third-order valence-electron chi connectivity index (χ3n) is 5.46. The molecule has 2 aromatic carbocycles. The summed E-state index contributed by atoms with van der Waals surface area (Å²) in [5.41, 5.74) is 6.53. The summed E-state index contributed by atoms with van der Waals surface area (Å²) in [5, 5.41) is 8.35. The fraction of sp³-hybridized carbons (Fsp3) is 0.320. The number of aromatic nitrogens is 3. The molecule has 0 fully saturated rings. The van der Waals surface area contributed by atoms with Crippen molar-refractivity contribution in [3.8, 4) is 5.13 Å². The molecule has 0 aliphatic heterocycles. The minimum absolute atomic E-state index is 0.0690. The summed E-state index contributed by atoms with van der Waals surface area (Å²) in [6, 6.07) is 14.4. The van der Waals surface area contributed by atoms with Crippen molar-refractivity contribution in [3.05, 3.63) is 70.4 Å². The number of rotatable bonds is 4. The van der Waals surface area contributed by atoms with Gasteiger partial charge in [-0.15, -0.1) is 0 Å². The summed E-state index contributed by atoms with van der Waals surface area (Å²) in [6.45, 7) is 12.7. The van der Waals surface area contributed by atoms with Gasteiger partial charge in [-0.25, -0.2) is 4.98 Å². The first-order chi connectivity index (χ1) is 14.6. The van der Waals surface area contributed by atoms with E-state index < -0.39 is 0 Å². The first-order valence-electron chi connectivity index (χ1n) is 10.4. The van der Waals surface area contributed by atoms with Crippen molar-refractivity contribution >= 4 is 33.3 Å². The van der Waals surface area contributed by atoms with E-state index in [4.69, 9.17) is 4.98 Å². The summed E-state index contributed by atoms with van der Waals surface area (Å²) in [6.07, 6.45) is 0.320. The molecule has 0 saturated heterocycles. The largest absolute Gasteiger partial charge is 0.310 e. The van der Waals surface area contributed by atoms with Crippen LogP contribution < -0.4 is 5.32 Å². The molecule has 0 saturated carbocycles. The Morgan fingerprint density at radius 2 is 1.81 bits per heavy atom. The molecule has 31 heavy (non-hydrogen) atoms. The van der Waals surface area contributed by atoms with E-state index in [9.17, 15) is 4.79 Å². The van der Waals surface area contributed by atoms with Crippen molar-refractivity contribution in [2.45, 2.75) is 53.4 Å². The van der Waals surface area contributed by atoms with Crippen LogP contribution in [0.15, 0.2) is 42.5 Å². The Morgan fingerprint density at radius 1 is 1.03 bits per heavy atom. The number of aryl methyl sites for hydroxylation is 3. The molecule has 160 valence electrons. The lowest BCUT2D eigenvalue weighted by molar-refractivity contribution is -0.115. The van der Waals surface area contributed by atoms with E-state index in [0.29, 0.717) is 12.2 Å². The molecule has 0 bridgehead atoms. The highest BCUT2D eigenvalue weighted by Crippen LogP contribution is 2.31. The lowest BCUT2D eigenvalue weighted by Gasteiger charge is -2.18. The van der Waals surface area contributed by atoms with E-state index in [1.165, 1.54) is 16.7 Å². The van der Waals surface area contributed by atoms with Crippen LogP contribution in [0.2, 0.25) is 0 Å². The van der Waals surface area contributed by atoms with Crippen molar-refractivity contribution in [2.75, 3.05) is 5.32 Å². The molecule has 2 aromatic heterocycles. The van der Waals surface area contributed by atoms with Crippen molar-refractivity contribution in [1.29, 1.82) is 0 Å². The van der Waals surface area contributed by atoms with Gasteiger partial charge in [0.25, 0.3) is 0 Å². The average Bonchev–Trinajstić information content (AvgIpc) is 3.26. The van der Waals surface area contributed by atoms with E-state index in [-0.39, 0.29) is 11.3 Å². The molecule has 0 atom stereocenters. The van der Waals surface area contributed by atoms with Crippen LogP contribution in [0.25, 0.3) is 15.3 Å². The van der Waals surface area contributed by atoms with Gasteiger partial charge >= 0.3 is 0 Å². The number of anilines is 1. The predicted octanol–water partition coefficient (Wildman–Crippen LogP) is 5.89. The zero-order chi connectivity index (χ0) is 22.3. The van der Waals surface area contributed by atoms with Crippen LogP contribution in [-0.4, -0.2) is 20.7 Å². The highest BCUT2D eigenvalue weighted by molar-refractivity contribution is 7.20. The molecule has 0 spiro atoms. The zero-order valence-corrected chi connectivity index (χ0v) is 19.7. The lowest BCUT2D eigenvalue weighted by atomic mass is 9.87. The Bertz CT molecular complexity index is 1280. The second kappa shape index (κ2) is 7.93. The van der Waals surface area contributed by atoms with E-state index in [0.717, 1.165) is 26.6 Å². The summed E-state index contributed by atoms with van der Waals surface area (Å²) in [4.78, 5) is 17.5. The Hall–Kier alpha value is -2.99. The average molecular weight is 433 g/mol. The molecular formula is C25H28N4OS. The van der Waals surface area contributed by atoms with Crippen LogP contribution in [-0.2, 0) is 16.6 Å². The normalized spacial score (nSPS) is 11.8. The van der Waals surface area contributed by atoms with E-state index in [2.05, 4.69) is 75.4 Å². The van der Waals surface area contributed by atoms with Crippen LogP contribution in [0.3, 0.4) is 0 Å². The van der Waals surface area contributed by atoms with Crippen LogP contribution in [0.4, 0.5) is 5.82 Å². The number of fused-ring (bicyclic) bond motifs is 1. The third kappa shape index (κ3) is 4.54. The molecule has 0 aliphatic carbocycles. The topological polar surface area (TPSA) is 59.8 Å². The quantitative estimate of drug-likeness (QED) is 0.438. The van der Waals surface area contributed by atoms with Gasteiger partial charge < -0.3 is 5.32 Å². The molecule has 5 nitrogen and oxygen atoms in total. The Morgan fingerprint density at radius 3 is 2.52 bits per heavy atom. The number of carbonyl (C=O) groups excluding carboxylic acids is 1. The summed E-state index contributed by atoms with van der Waals surface area (Å²) < 4.78 is 2.85. The molecule has 6 heteroatoms. The fourth-order valence-electron chi connectivity index (χ4n) is 3.49. The summed E-state index contributed by atoms with van der Waals surface area (Å²) >= 11 is 1.58. The maximum absolute atomic E-state index is 12.7. The molecule has 4 aromatic rings. The first kappa shape index (κ1) is 21.2. The van der Waals surface area contributed by atoms with Crippen molar-refractivity contribution in [3.63, 3.8) is 0 Å². The van der Waals surface area contributed by atoms with Gasteiger partial charge in [0.15, 0.2) is 0 Å². The maximum atomic E-state index is 12.7. The number of amides is 1. The predicted molar refractivity (Wildman–Crippen MR) is 128 cm³/mol.